The van der Waals surface area contributed by atoms with Gasteiger partial charge in [-0.05, 0) is 11.1 Å². The van der Waals surface area contributed by atoms with E-state index < -0.39 is 17.5 Å². The molecular formula is C18H20O5S. The summed E-state index contributed by atoms with van der Waals surface area (Å²) in [6.45, 7) is 1.43. The lowest BCUT2D eigenvalue weighted by molar-refractivity contribution is -0.102. The van der Waals surface area contributed by atoms with Gasteiger partial charge in [0.2, 0.25) is 0 Å². The molecule has 0 bridgehead atoms. The SMILES string of the molecule is O=S1OCC(OCc2ccccc2)C(COCc2ccccc2)O1. The van der Waals surface area contributed by atoms with Crippen molar-refractivity contribution in [3.63, 3.8) is 0 Å². The highest BCUT2D eigenvalue weighted by Crippen LogP contribution is 2.17. The summed E-state index contributed by atoms with van der Waals surface area (Å²) in [5.41, 5.74) is 2.14. The van der Waals surface area contributed by atoms with E-state index in [1.54, 1.807) is 0 Å². The number of benzene rings is 2. The van der Waals surface area contributed by atoms with Gasteiger partial charge in [0.15, 0.2) is 0 Å². The van der Waals surface area contributed by atoms with E-state index in [0.29, 0.717) is 19.8 Å². The molecule has 5 nitrogen and oxygen atoms in total. The predicted octanol–water partition coefficient (Wildman–Crippen LogP) is 2.78. The second-order valence-electron chi connectivity index (χ2n) is 5.46. The van der Waals surface area contributed by atoms with Gasteiger partial charge in [-0.2, -0.15) is 4.21 Å². The van der Waals surface area contributed by atoms with Gasteiger partial charge in [0.05, 0.1) is 26.4 Å². The smallest absolute Gasteiger partial charge is 0.305 e. The van der Waals surface area contributed by atoms with Crippen molar-refractivity contribution < 1.29 is 22.0 Å². The molecule has 24 heavy (non-hydrogen) atoms. The molecule has 0 N–H and O–H groups in total. The maximum absolute atomic E-state index is 11.5. The van der Waals surface area contributed by atoms with Gasteiger partial charge in [-0.3, -0.25) is 8.37 Å². The molecule has 1 aliphatic rings. The molecule has 1 saturated heterocycles. The zero-order valence-corrected chi connectivity index (χ0v) is 14.0. The molecule has 0 aliphatic carbocycles. The van der Waals surface area contributed by atoms with E-state index in [9.17, 15) is 4.21 Å². The van der Waals surface area contributed by atoms with Crippen molar-refractivity contribution in [2.75, 3.05) is 13.2 Å². The number of rotatable bonds is 7. The molecule has 3 unspecified atom stereocenters. The Morgan fingerprint density at radius 1 is 0.958 bits per heavy atom. The minimum atomic E-state index is -1.75. The van der Waals surface area contributed by atoms with Gasteiger partial charge >= 0.3 is 11.4 Å². The fraction of sp³-hybridized carbons (Fsp3) is 0.333. The summed E-state index contributed by atoms with van der Waals surface area (Å²) in [6.07, 6.45) is -0.745. The number of hydrogen-bond donors (Lipinski definition) is 0. The van der Waals surface area contributed by atoms with E-state index >= 15 is 0 Å². The van der Waals surface area contributed by atoms with Crippen LogP contribution in [0.3, 0.4) is 0 Å². The average molecular weight is 348 g/mol. The summed E-state index contributed by atoms with van der Waals surface area (Å²) in [4.78, 5) is 0. The summed E-state index contributed by atoms with van der Waals surface area (Å²) in [6, 6.07) is 19.7. The Morgan fingerprint density at radius 3 is 2.25 bits per heavy atom. The van der Waals surface area contributed by atoms with Gasteiger partial charge in [-0.1, -0.05) is 60.7 Å². The highest BCUT2D eigenvalue weighted by Gasteiger charge is 2.32. The summed E-state index contributed by atoms with van der Waals surface area (Å²) in [7, 11) is 0. The summed E-state index contributed by atoms with van der Waals surface area (Å²) >= 11 is -1.75. The largest absolute Gasteiger partial charge is 0.374 e. The van der Waals surface area contributed by atoms with Crippen LogP contribution in [-0.4, -0.2) is 29.6 Å². The van der Waals surface area contributed by atoms with Crippen molar-refractivity contribution >= 4 is 11.4 Å². The lowest BCUT2D eigenvalue weighted by Gasteiger charge is -2.29. The Morgan fingerprint density at radius 2 is 1.58 bits per heavy atom. The van der Waals surface area contributed by atoms with E-state index in [1.165, 1.54) is 0 Å². The zero-order valence-electron chi connectivity index (χ0n) is 13.2. The third-order valence-corrected chi connectivity index (χ3v) is 4.38. The molecule has 3 rings (SSSR count). The molecule has 2 aromatic rings. The Labute approximate surface area is 144 Å². The Bertz CT molecular complexity index is 634. The van der Waals surface area contributed by atoms with Crippen LogP contribution in [-0.2, 0) is 42.4 Å². The van der Waals surface area contributed by atoms with Crippen LogP contribution in [0.25, 0.3) is 0 Å². The molecule has 1 fully saturated rings. The third-order valence-electron chi connectivity index (χ3n) is 3.65. The second kappa shape index (κ2) is 9.05. The first kappa shape index (κ1) is 17.3. The first-order valence-corrected chi connectivity index (χ1v) is 8.80. The molecule has 0 amide bonds. The van der Waals surface area contributed by atoms with Gasteiger partial charge < -0.3 is 9.47 Å². The lowest BCUT2D eigenvalue weighted by Crippen LogP contribution is -2.43. The summed E-state index contributed by atoms with van der Waals surface area (Å²) in [5.74, 6) is 0. The first-order valence-electron chi connectivity index (χ1n) is 7.80. The third kappa shape index (κ3) is 5.22. The molecule has 3 atom stereocenters. The summed E-state index contributed by atoms with van der Waals surface area (Å²) in [5, 5.41) is 0. The van der Waals surface area contributed by atoms with Crippen molar-refractivity contribution in [3.05, 3.63) is 71.8 Å². The maximum atomic E-state index is 11.5. The lowest BCUT2D eigenvalue weighted by atomic mass is 10.2. The second-order valence-corrected chi connectivity index (χ2v) is 6.30. The molecule has 1 heterocycles. The van der Waals surface area contributed by atoms with E-state index in [4.69, 9.17) is 17.8 Å². The van der Waals surface area contributed by atoms with Crippen LogP contribution in [0.15, 0.2) is 60.7 Å². The van der Waals surface area contributed by atoms with Crippen LogP contribution >= 0.6 is 0 Å². The molecule has 0 radical (unpaired) electrons. The number of hydrogen-bond acceptors (Lipinski definition) is 5. The molecular weight excluding hydrogens is 328 g/mol. The van der Waals surface area contributed by atoms with Gasteiger partial charge in [0, 0.05) is 0 Å². The topological polar surface area (TPSA) is 54.0 Å². The van der Waals surface area contributed by atoms with Crippen molar-refractivity contribution in [2.45, 2.75) is 25.4 Å². The van der Waals surface area contributed by atoms with Crippen LogP contribution in [0.2, 0.25) is 0 Å². The molecule has 0 aromatic heterocycles. The quantitative estimate of drug-likeness (QED) is 0.770. The fourth-order valence-electron chi connectivity index (χ4n) is 2.36. The minimum Gasteiger partial charge on any atom is -0.374 e. The molecule has 128 valence electrons. The number of ether oxygens (including phenoxy) is 2. The van der Waals surface area contributed by atoms with Gasteiger partial charge in [0.1, 0.15) is 12.2 Å². The van der Waals surface area contributed by atoms with Crippen LogP contribution in [0.1, 0.15) is 11.1 Å². The monoisotopic (exact) mass is 348 g/mol. The van der Waals surface area contributed by atoms with Crippen LogP contribution in [0, 0.1) is 0 Å². The van der Waals surface area contributed by atoms with Crippen LogP contribution in [0.5, 0.6) is 0 Å². The highest BCUT2D eigenvalue weighted by molar-refractivity contribution is 7.75. The Hall–Kier alpha value is -1.57. The van der Waals surface area contributed by atoms with Crippen LogP contribution < -0.4 is 0 Å². The molecule has 1 aliphatic heterocycles. The standard InChI is InChI=1S/C18H20O5S/c19-24-22-14-17(21-12-16-9-5-2-6-10-16)18(23-24)13-20-11-15-7-3-1-4-8-15/h1-10,17-18H,11-14H2. The van der Waals surface area contributed by atoms with E-state index in [-0.39, 0.29) is 12.7 Å². The van der Waals surface area contributed by atoms with Crippen molar-refractivity contribution in [1.82, 2.24) is 0 Å². The average Bonchev–Trinajstić information content (AvgIpc) is 2.63. The Balaban J connectivity index is 1.50. The fourth-order valence-corrected chi connectivity index (χ4v) is 3.04. The molecule has 0 saturated carbocycles. The first-order chi connectivity index (χ1) is 11.8. The van der Waals surface area contributed by atoms with E-state index in [0.717, 1.165) is 11.1 Å². The van der Waals surface area contributed by atoms with E-state index in [1.807, 2.05) is 60.7 Å². The minimum absolute atomic E-state index is 0.221. The van der Waals surface area contributed by atoms with E-state index in [2.05, 4.69) is 0 Å². The van der Waals surface area contributed by atoms with Crippen molar-refractivity contribution in [3.8, 4) is 0 Å². The van der Waals surface area contributed by atoms with Gasteiger partial charge in [-0.25, -0.2) is 0 Å². The van der Waals surface area contributed by atoms with Crippen molar-refractivity contribution in [1.29, 1.82) is 0 Å². The highest BCUT2D eigenvalue weighted by atomic mass is 32.2. The molecule has 0 spiro atoms. The van der Waals surface area contributed by atoms with Gasteiger partial charge in [0.25, 0.3) is 0 Å². The van der Waals surface area contributed by atoms with Crippen LogP contribution in [0.4, 0.5) is 0 Å². The normalized spacial score (nSPS) is 23.9. The summed E-state index contributed by atoms with van der Waals surface area (Å²) < 4.78 is 33.4. The predicted molar refractivity (Wildman–Crippen MR) is 90.1 cm³/mol. The molecule has 2 aromatic carbocycles. The van der Waals surface area contributed by atoms with Gasteiger partial charge in [-0.15, -0.1) is 0 Å². The van der Waals surface area contributed by atoms with Crippen molar-refractivity contribution in [2.24, 2.45) is 0 Å². The molecule has 6 heteroatoms. The zero-order chi connectivity index (χ0) is 16.6. The Kier molecular flexibility index (Phi) is 6.51. The maximum Gasteiger partial charge on any atom is 0.305 e.